The van der Waals surface area contributed by atoms with Crippen LogP contribution in [0.4, 0.5) is 0 Å². The fourth-order valence-corrected chi connectivity index (χ4v) is 4.34. The molecular formula is C22H33N3O2. The van der Waals surface area contributed by atoms with Gasteiger partial charge >= 0.3 is 0 Å². The number of unbranched alkanes of at least 4 members (excludes halogenated alkanes) is 3. The number of H-pyrrole nitrogens is 1. The zero-order chi connectivity index (χ0) is 19.2. The van der Waals surface area contributed by atoms with E-state index in [1.54, 1.807) is 13.0 Å². The summed E-state index contributed by atoms with van der Waals surface area (Å²) in [5, 5.41) is 14.1. The van der Waals surface area contributed by atoms with Crippen molar-refractivity contribution in [1.29, 1.82) is 0 Å². The molecule has 1 aliphatic rings. The Morgan fingerprint density at radius 2 is 2.07 bits per heavy atom. The van der Waals surface area contributed by atoms with Crippen LogP contribution >= 0.6 is 0 Å². The van der Waals surface area contributed by atoms with Crippen LogP contribution in [0.5, 0.6) is 5.75 Å². The summed E-state index contributed by atoms with van der Waals surface area (Å²) < 4.78 is 0. The van der Waals surface area contributed by atoms with Gasteiger partial charge in [-0.3, -0.25) is 9.69 Å². The molecule has 2 heterocycles. The van der Waals surface area contributed by atoms with Gasteiger partial charge in [-0.2, -0.15) is 0 Å². The number of hydrogen-bond acceptors (Lipinski definition) is 3. The first kappa shape index (κ1) is 19.7. The number of aromatic hydroxyl groups is 1. The number of nitrogens with zero attached hydrogens (tertiary/aromatic N) is 1. The van der Waals surface area contributed by atoms with Gasteiger partial charge in [0, 0.05) is 37.1 Å². The van der Waals surface area contributed by atoms with Crippen LogP contribution < -0.4 is 5.32 Å². The van der Waals surface area contributed by atoms with Gasteiger partial charge in [-0.05, 0) is 48.9 Å². The molecule has 1 unspecified atom stereocenters. The zero-order valence-corrected chi connectivity index (χ0v) is 16.6. The average molecular weight is 372 g/mol. The third-order valence-electron chi connectivity index (χ3n) is 5.81. The van der Waals surface area contributed by atoms with Gasteiger partial charge in [0.25, 0.3) is 0 Å². The highest BCUT2D eigenvalue weighted by atomic mass is 16.3. The van der Waals surface area contributed by atoms with Gasteiger partial charge in [-0.25, -0.2) is 0 Å². The Kier molecular flexibility index (Phi) is 6.78. The van der Waals surface area contributed by atoms with Crippen molar-refractivity contribution < 1.29 is 9.90 Å². The Hall–Kier alpha value is -2.01. The Bertz CT molecular complexity index is 747. The topological polar surface area (TPSA) is 68.4 Å². The van der Waals surface area contributed by atoms with Gasteiger partial charge < -0.3 is 15.4 Å². The monoisotopic (exact) mass is 371 g/mol. The summed E-state index contributed by atoms with van der Waals surface area (Å²) >= 11 is 0. The molecule has 3 rings (SSSR count). The lowest BCUT2D eigenvalue weighted by atomic mass is 9.88. The van der Waals surface area contributed by atoms with E-state index in [9.17, 15) is 9.90 Å². The molecule has 5 nitrogen and oxygen atoms in total. The van der Waals surface area contributed by atoms with E-state index < -0.39 is 0 Å². The molecular weight excluding hydrogens is 338 g/mol. The fourth-order valence-electron chi connectivity index (χ4n) is 4.34. The van der Waals surface area contributed by atoms with Gasteiger partial charge in [-0.1, -0.05) is 32.6 Å². The van der Waals surface area contributed by atoms with E-state index in [1.165, 1.54) is 31.2 Å². The maximum Gasteiger partial charge on any atom is 0.218 e. The van der Waals surface area contributed by atoms with E-state index in [0.29, 0.717) is 11.7 Å². The van der Waals surface area contributed by atoms with E-state index in [2.05, 4.69) is 28.3 Å². The molecule has 0 radical (unpaired) electrons. The second-order valence-electron chi connectivity index (χ2n) is 7.85. The quantitative estimate of drug-likeness (QED) is 0.599. The van der Waals surface area contributed by atoms with Crippen molar-refractivity contribution in [2.24, 2.45) is 0 Å². The first-order valence-corrected chi connectivity index (χ1v) is 10.4. The number of carbonyl (C=O) groups excluding carboxylic acids is 1. The summed E-state index contributed by atoms with van der Waals surface area (Å²) in [7, 11) is 0. The predicted molar refractivity (Wildman–Crippen MR) is 110 cm³/mol. The van der Waals surface area contributed by atoms with Gasteiger partial charge in [0.15, 0.2) is 0 Å². The van der Waals surface area contributed by atoms with Crippen LogP contribution in [0, 0.1) is 0 Å². The molecule has 27 heavy (non-hydrogen) atoms. The van der Waals surface area contributed by atoms with Gasteiger partial charge in [0.1, 0.15) is 5.75 Å². The molecule has 3 N–H and O–H groups in total. The summed E-state index contributed by atoms with van der Waals surface area (Å²) in [5.41, 5.74) is 2.39. The standard InChI is InChI=1S/C22H33N3O2/c1-3-4-5-6-7-22(24-16(2)26)25-12-10-17(11-13-25)20-15-23-21-9-8-18(27)14-19(20)21/h8-9,14-15,17,22-23,27H,3-7,10-13H2,1-2H3,(H,24,26). The number of piperidine rings is 1. The summed E-state index contributed by atoms with van der Waals surface area (Å²) in [6.07, 6.45) is 10.3. The van der Waals surface area contributed by atoms with Crippen molar-refractivity contribution in [3.63, 3.8) is 0 Å². The molecule has 1 aliphatic heterocycles. The van der Waals surface area contributed by atoms with E-state index in [1.807, 2.05) is 12.1 Å². The first-order chi connectivity index (χ1) is 13.1. The van der Waals surface area contributed by atoms with Crippen molar-refractivity contribution in [2.45, 2.75) is 70.9 Å². The fraction of sp³-hybridized carbons (Fsp3) is 0.591. The van der Waals surface area contributed by atoms with Crippen LogP contribution in [0.2, 0.25) is 0 Å². The Balaban J connectivity index is 1.61. The number of benzene rings is 1. The summed E-state index contributed by atoms with van der Waals surface area (Å²) in [4.78, 5) is 17.4. The first-order valence-electron chi connectivity index (χ1n) is 10.4. The molecule has 1 fully saturated rings. The molecule has 1 aromatic carbocycles. The lowest BCUT2D eigenvalue weighted by molar-refractivity contribution is -0.121. The maximum absolute atomic E-state index is 11.6. The van der Waals surface area contributed by atoms with Crippen molar-refractivity contribution in [1.82, 2.24) is 15.2 Å². The highest BCUT2D eigenvalue weighted by Gasteiger charge is 2.27. The minimum absolute atomic E-state index is 0.0599. The predicted octanol–water partition coefficient (Wildman–Crippen LogP) is 4.49. The third-order valence-corrected chi connectivity index (χ3v) is 5.81. The smallest absolute Gasteiger partial charge is 0.218 e. The van der Waals surface area contributed by atoms with Gasteiger partial charge in [-0.15, -0.1) is 0 Å². The third kappa shape index (κ3) is 5.04. The molecule has 1 amide bonds. The van der Waals surface area contributed by atoms with Gasteiger partial charge in [0.2, 0.25) is 5.91 Å². The Morgan fingerprint density at radius 3 is 2.78 bits per heavy atom. The van der Waals surface area contributed by atoms with Crippen LogP contribution in [0.1, 0.15) is 70.3 Å². The highest BCUT2D eigenvalue weighted by molar-refractivity contribution is 5.85. The lowest BCUT2D eigenvalue weighted by Crippen LogP contribution is -2.50. The van der Waals surface area contributed by atoms with Gasteiger partial charge in [0.05, 0.1) is 6.17 Å². The maximum atomic E-state index is 11.6. The van der Waals surface area contributed by atoms with Crippen molar-refractivity contribution in [3.8, 4) is 5.75 Å². The second-order valence-corrected chi connectivity index (χ2v) is 7.85. The number of aromatic amines is 1. The molecule has 0 spiro atoms. The number of phenolic OH excluding ortho intramolecular Hbond substituents is 1. The zero-order valence-electron chi connectivity index (χ0n) is 16.6. The number of likely N-dealkylation sites (tertiary alicyclic amines) is 1. The minimum atomic E-state index is 0.0599. The number of aromatic nitrogens is 1. The highest BCUT2D eigenvalue weighted by Crippen LogP contribution is 2.35. The number of phenols is 1. The number of carbonyl (C=O) groups is 1. The lowest BCUT2D eigenvalue weighted by Gasteiger charge is -2.38. The molecule has 1 atom stereocenters. The number of hydrogen-bond donors (Lipinski definition) is 3. The number of amides is 1. The largest absolute Gasteiger partial charge is 0.508 e. The summed E-state index contributed by atoms with van der Waals surface area (Å²) in [6.45, 7) is 5.83. The molecule has 0 saturated carbocycles. The van der Waals surface area contributed by atoms with Crippen LogP contribution in [0.25, 0.3) is 10.9 Å². The van der Waals surface area contributed by atoms with Crippen LogP contribution in [0.15, 0.2) is 24.4 Å². The van der Waals surface area contributed by atoms with E-state index >= 15 is 0 Å². The molecule has 0 aliphatic carbocycles. The molecule has 1 aromatic heterocycles. The number of rotatable bonds is 8. The van der Waals surface area contributed by atoms with Crippen molar-refractivity contribution >= 4 is 16.8 Å². The minimum Gasteiger partial charge on any atom is -0.508 e. The van der Waals surface area contributed by atoms with Crippen molar-refractivity contribution in [3.05, 3.63) is 30.0 Å². The van der Waals surface area contributed by atoms with E-state index in [-0.39, 0.29) is 12.1 Å². The molecule has 0 bridgehead atoms. The number of fused-ring (bicyclic) bond motifs is 1. The molecule has 5 heteroatoms. The van der Waals surface area contributed by atoms with Crippen LogP contribution in [-0.2, 0) is 4.79 Å². The normalized spacial score (nSPS) is 17.3. The molecule has 148 valence electrons. The van der Waals surface area contributed by atoms with E-state index in [0.717, 1.165) is 43.3 Å². The average Bonchev–Trinajstić information content (AvgIpc) is 3.07. The SMILES string of the molecule is CCCCCCC(NC(C)=O)N1CCC(c2c[nH]c3ccc(O)cc23)CC1. The Morgan fingerprint density at radius 1 is 1.30 bits per heavy atom. The summed E-state index contributed by atoms with van der Waals surface area (Å²) in [6, 6.07) is 5.52. The van der Waals surface area contributed by atoms with Crippen LogP contribution in [-0.4, -0.2) is 40.2 Å². The molecule has 1 saturated heterocycles. The molecule has 2 aromatic rings. The summed E-state index contributed by atoms with van der Waals surface area (Å²) in [5.74, 6) is 0.873. The van der Waals surface area contributed by atoms with E-state index in [4.69, 9.17) is 0 Å². The van der Waals surface area contributed by atoms with Crippen molar-refractivity contribution in [2.75, 3.05) is 13.1 Å². The second kappa shape index (κ2) is 9.27. The number of nitrogens with one attached hydrogen (secondary N) is 2. The Labute approximate surface area is 162 Å². The van der Waals surface area contributed by atoms with Crippen LogP contribution in [0.3, 0.4) is 0 Å².